The zero-order valence-corrected chi connectivity index (χ0v) is 15.8. The highest BCUT2D eigenvalue weighted by Crippen LogP contribution is 2.30. The Bertz CT molecular complexity index is 538. The van der Waals surface area contributed by atoms with Crippen molar-refractivity contribution >= 4 is 5.91 Å². The number of carbonyl (C=O) groups is 1. The number of ether oxygens (including phenoxy) is 3. The van der Waals surface area contributed by atoms with Crippen molar-refractivity contribution in [2.24, 2.45) is 0 Å². The SMILES string of the molecule is CCCOc1ccc(C(=O)N2CCC(OCC)CC2)cc1OCCC. The van der Waals surface area contributed by atoms with Crippen molar-refractivity contribution in [2.75, 3.05) is 32.9 Å². The topological polar surface area (TPSA) is 48.0 Å². The minimum Gasteiger partial charge on any atom is -0.490 e. The molecule has 1 heterocycles. The average molecular weight is 349 g/mol. The lowest BCUT2D eigenvalue weighted by Gasteiger charge is -2.32. The molecule has 1 aliphatic heterocycles. The molecule has 0 aromatic heterocycles. The van der Waals surface area contributed by atoms with E-state index < -0.39 is 0 Å². The predicted octanol–water partition coefficient (Wildman–Crippen LogP) is 3.91. The maximum absolute atomic E-state index is 12.8. The molecule has 1 aromatic rings. The molecule has 5 nitrogen and oxygen atoms in total. The van der Waals surface area contributed by atoms with E-state index in [1.54, 1.807) is 0 Å². The standard InChI is InChI=1S/C20H31NO4/c1-4-13-24-18-8-7-16(15-19(18)25-14-5-2)20(22)21-11-9-17(10-12-21)23-6-3/h7-8,15,17H,4-6,9-14H2,1-3H3. The third-order valence-corrected chi connectivity index (χ3v) is 4.25. The van der Waals surface area contributed by atoms with Gasteiger partial charge in [-0.1, -0.05) is 13.8 Å². The average Bonchev–Trinajstić information content (AvgIpc) is 2.65. The molecule has 2 rings (SSSR count). The molecule has 0 saturated carbocycles. The van der Waals surface area contributed by atoms with E-state index in [2.05, 4.69) is 13.8 Å². The molecule has 0 N–H and O–H groups in total. The van der Waals surface area contributed by atoms with Crippen LogP contribution >= 0.6 is 0 Å². The number of hydrogen-bond donors (Lipinski definition) is 0. The van der Waals surface area contributed by atoms with Gasteiger partial charge in [-0.25, -0.2) is 0 Å². The minimum absolute atomic E-state index is 0.0540. The summed E-state index contributed by atoms with van der Waals surface area (Å²) < 4.78 is 17.2. The summed E-state index contributed by atoms with van der Waals surface area (Å²) in [6.45, 7) is 9.60. The van der Waals surface area contributed by atoms with Crippen LogP contribution in [0.25, 0.3) is 0 Å². The molecule has 1 saturated heterocycles. The third kappa shape index (κ3) is 5.63. The second kappa shape index (κ2) is 10.3. The second-order valence-electron chi connectivity index (χ2n) is 6.31. The van der Waals surface area contributed by atoms with Gasteiger partial charge in [-0.05, 0) is 50.8 Å². The van der Waals surface area contributed by atoms with Gasteiger partial charge in [0.15, 0.2) is 11.5 Å². The van der Waals surface area contributed by atoms with Crippen molar-refractivity contribution in [1.82, 2.24) is 4.90 Å². The first kappa shape index (κ1) is 19.6. The number of rotatable bonds is 9. The lowest BCUT2D eigenvalue weighted by atomic mass is 10.1. The van der Waals surface area contributed by atoms with E-state index in [-0.39, 0.29) is 12.0 Å². The van der Waals surface area contributed by atoms with Crippen molar-refractivity contribution in [1.29, 1.82) is 0 Å². The monoisotopic (exact) mass is 349 g/mol. The van der Waals surface area contributed by atoms with Crippen LogP contribution in [-0.4, -0.2) is 49.8 Å². The summed E-state index contributed by atoms with van der Waals surface area (Å²) in [6, 6.07) is 5.50. The van der Waals surface area contributed by atoms with Crippen LogP contribution in [-0.2, 0) is 4.74 Å². The molecule has 1 amide bonds. The molecule has 25 heavy (non-hydrogen) atoms. The van der Waals surface area contributed by atoms with Crippen LogP contribution in [0.5, 0.6) is 11.5 Å². The predicted molar refractivity (Wildman–Crippen MR) is 98.6 cm³/mol. The van der Waals surface area contributed by atoms with Gasteiger partial charge in [0.2, 0.25) is 0 Å². The highest BCUT2D eigenvalue weighted by atomic mass is 16.5. The van der Waals surface area contributed by atoms with E-state index in [1.807, 2.05) is 30.0 Å². The fraction of sp³-hybridized carbons (Fsp3) is 0.650. The second-order valence-corrected chi connectivity index (χ2v) is 6.31. The van der Waals surface area contributed by atoms with Gasteiger partial charge >= 0.3 is 0 Å². The van der Waals surface area contributed by atoms with E-state index in [0.29, 0.717) is 30.3 Å². The lowest BCUT2D eigenvalue weighted by molar-refractivity contribution is 0.0146. The molecule has 1 fully saturated rings. The van der Waals surface area contributed by atoms with Crippen LogP contribution in [0.15, 0.2) is 18.2 Å². The van der Waals surface area contributed by atoms with Crippen LogP contribution in [0, 0.1) is 0 Å². The molecule has 1 aliphatic rings. The van der Waals surface area contributed by atoms with Gasteiger partial charge in [-0.2, -0.15) is 0 Å². The largest absolute Gasteiger partial charge is 0.490 e. The Morgan fingerprint density at radius 2 is 1.68 bits per heavy atom. The summed E-state index contributed by atoms with van der Waals surface area (Å²) in [5.74, 6) is 1.42. The highest BCUT2D eigenvalue weighted by molar-refractivity contribution is 5.95. The third-order valence-electron chi connectivity index (χ3n) is 4.25. The Hall–Kier alpha value is -1.75. The van der Waals surface area contributed by atoms with E-state index in [4.69, 9.17) is 14.2 Å². The Morgan fingerprint density at radius 1 is 1.04 bits per heavy atom. The van der Waals surface area contributed by atoms with Crippen molar-refractivity contribution in [3.05, 3.63) is 23.8 Å². The summed E-state index contributed by atoms with van der Waals surface area (Å²) >= 11 is 0. The minimum atomic E-state index is 0.0540. The molecule has 0 atom stereocenters. The fourth-order valence-corrected chi connectivity index (χ4v) is 2.94. The van der Waals surface area contributed by atoms with Gasteiger partial charge in [0.05, 0.1) is 19.3 Å². The molecule has 1 aromatic carbocycles. The van der Waals surface area contributed by atoms with Gasteiger partial charge in [-0.3, -0.25) is 4.79 Å². The van der Waals surface area contributed by atoms with E-state index in [0.717, 1.165) is 45.4 Å². The Kier molecular flexibility index (Phi) is 8.06. The van der Waals surface area contributed by atoms with Crippen molar-refractivity contribution < 1.29 is 19.0 Å². The van der Waals surface area contributed by atoms with Gasteiger partial charge in [0.25, 0.3) is 5.91 Å². The molecule has 0 unspecified atom stereocenters. The first-order valence-corrected chi connectivity index (χ1v) is 9.50. The zero-order valence-electron chi connectivity index (χ0n) is 15.8. The molecule has 0 aliphatic carbocycles. The van der Waals surface area contributed by atoms with Gasteiger partial charge in [-0.15, -0.1) is 0 Å². The van der Waals surface area contributed by atoms with Crippen LogP contribution in [0.1, 0.15) is 56.8 Å². The van der Waals surface area contributed by atoms with Gasteiger partial charge in [0, 0.05) is 25.3 Å². The number of nitrogens with zero attached hydrogens (tertiary/aromatic N) is 1. The fourth-order valence-electron chi connectivity index (χ4n) is 2.94. The van der Waals surface area contributed by atoms with E-state index >= 15 is 0 Å². The summed E-state index contributed by atoms with van der Waals surface area (Å²) in [6.07, 6.45) is 3.92. The quantitative estimate of drug-likeness (QED) is 0.678. The summed E-state index contributed by atoms with van der Waals surface area (Å²) in [5, 5.41) is 0. The lowest BCUT2D eigenvalue weighted by Crippen LogP contribution is -2.40. The molecular formula is C20H31NO4. The maximum Gasteiger partial charge on any atom is 0.253 e. The first-order valence-electron chi connectivity index (χ1n) is 9.50. The number of carbonyl (C=O) groups excluding carboxylic acids is 1. The molecule has 0 bridgehead atoms. The normalized spacial score (nSPS) is 15.2. The smallest absolute Gasteiger partial charge is 0.253 e. The van der Waals surface area contributed by atoms with Crippen molar-refractivity contribution in [2.45, 2.75) is 52.6 Å². The summed E-state index contributed by atoms with van der Waals surface area (Å²) in [4.78, 5) is 14.7. The van der Waals surface area contributed by atoms with Crippen LogP contribution < -0.4 is 9.47 Å². The van der Waals surface area contributed by atoms with Crippen molar-refractivity contribution in [3.63, 3.8) is 0 Å². The number of hydrogen-bond acceptors (Lipinski definition) is 4. The van der Waals surface area contributed by atoms with Crippen LogP contribution in [0.4, 0.5) is 0 Å². The van der Waals surface area contributed by atoms with Gasteiger partial charge in [0.1, 0.15) is 0 Å². The zero-order chi connectivity index (χ0) is 18.1. The van der Waals surface area contributed by atoms with Crippen molar-refractivity contribution in [3.8, 4) is 11.5 Å². The molecule has 5 heteroatoms. The van der Waals surface area contributed by atoms with Crippen LogP contribution in [0.3, 0.4) is 0 Å². The van der Waals surface area contributed by atoms with Crippen LogP contribution in [0.2, 0.25) is 0 Å². The maximum atomic E-state index is 12.8. The van der Waals surface area contributed by atoms with E-state index in [1.165, 1.54) is 0 Å². The number of likely N-dealkylation sites (tertiary alicyclic amines) is 1. The van der Waals surface area contributed by atoms with Gasteiger partial charge < -0.3 is 19.1 Å². The number of amides is 1. The number of piperidine rings is 1. The summed E-state index contributed by atoms with van der Waals surface area (Å²) in [5.41, 5.74) is 0.657. The van der Waals surface area contributed by atoms with E-state index in [9.17, 15) is 4.79 Å². The molecular weight excluding hydrogens is 318 g/mol. The summed E-state index contributed by atoms with van der Waals surface area (Å²) in [7, 11) is 0. The Labute approximate surface area is 151 Å². The Morgan fingerprint density at radius 3 is 2.28 bits per heavy atom. The molecule has 0 spiro atoms. The molecule has 140 valence electrons. The Balaban J connectivity index is 2.06. The number of benzene rings is 1. The molecule has 0 radical (unpaired) electrons. The highest BCUT2D eigenvalue weighted by Gasteiger charge is 2.24. The first-order chi connectivity index (χ1) is 12.2.